The zero-order valence-corrected chi connectivity index (χ0v) is 8.89. The lowest BCUT2D eigenvalue weighted by Gasteiger charge is -2.03. The maximum Gasteiger partial charge on any atom is 0.0546 e. The van der Waals surface area contributed by atoms with Crippen LogP contribution < -0.4 is 5.19 Å². The van der Waals surface area contributed by atoms with Crippen molar-refractivity contribution >= 4 is 31.8 Å². The zero-order valence-electron chi connectivity index (χ0n) is 5.89. The van der Waals surface area contributed by atoms with Gasteiger partial charge >= 0.3 is 0 Å². The van der Waals surface area contributed by atoms with Gasteiger partial charge in [-0.1, -0.05) is 42.1 Å². The molecular weight excluding hydrogens is 168 g/mol. The molecule has 0 aliphatic carbocycles. The van der Waals surface area contributed by atoms with E-state index in [9.17, 15) is 0 Å². The van der Waals surface area contributed by atoms with Crippen LogP contribution in [0.5, 0.6) is 0 Å². The van der Waals surface area contributed by atoms with Crippen molar-refractivity contribution in [1.29, 1.82) is 0 Å². The molecule has 0 aliphatic heterocycles. The summed E-state index contributed by atoms with van der Waals surface area (Å²) in [5.74, 6) is 0. The fourth-order valence-corrected chi connectivity index (χ4v) is 3.43. The van der Waals surface area contributed by atoms with Crippen molar-refractivity contribution in [2.45, 2.75) is 6.55 Å². The average Bonchev–Trinajstić information content (AvgIpc) is 2.05. The van der Waals surface area contributed by atoms with Crippen molar-refractivity contribution in [3.8, 4) is 0 Å². The van der Waals surface area contributed by atoms with E-state index in [2.05, 4.69) is 46.6 Å². The molecule has 1 rings (SSSR count). The minimum atomic E-state index is -0.373. The normalized spacial score (nSPS) is 10.3. The van der Waals surface area contributed by atoms with Gasteiger partial charge in [0, 0.05) is 18.8 Å². The third-order valence-corrected chi connectivity index (χ3v) is 8.21. The predicted molar refractivity (Wildman–Crippen MR) is 49.2 cm³/mol. The lowest BCUT2D eigenvalue weighted by atomic mass is 10.4. The van der Waals surface area contributed by atoms with Crippen molar-refractivity contribution in [2.24, 2.45) is 0 Å². The molecule has 1 aromatic rings. The average molecular weight is 176 g/mol. The van der Waals surface area contributed by atoms with E-state index in [1.54, 1.807) is 0 Å². The summed E-state index contributed by atoms with van der Waals surface area (Å²) in [5, 5.41) is 1.48. The second-order valence-corrected chi connectivity index (χ2v) is 9.82. The van der Waals surface area contributed by atoms with Crippen LogP contribution >= 0.6 is 0 Å². The highest BCUT2D eigenvalue weighted by molar-refractivity contribution is 7.40. The second kappa shape index (κ2) is 3.90. The summed E-state index contributed by atoms with van der Waals surface area (Å²) in [4.78, 5) is 0. The predicted octanol–water partition coefficient (Wildman–Crippen LogP) is 0.303. The summed E-state index contributed by atoms with van der Waals surface area (Å²) >= 11 is 0. The van der Waals surface area contributed by atoms with Crippen molar-refractivity contribution in [3.05, 3.63) is 30.3 Å². The third-order valence-electron chi connectivity index (χ3n) is 1.31. The van der Waals surface area contributed by atoms with E-state index in [1.807, 2.05) is 0 Å². The van der Waals surface area contributed by atoms with Crippen molar-refractivity contribution in [2.75, 3.05) is 0 Å². The van der Waals surface area contributed by atoms with Crippen molar-refractivity contribution in [1.82, 2.24) is 0 Å². The first-order chi connectivity index (χ1) is 4.84. The summed E-state index contributed by atoms with van der Waals surface area (Å²) < 4.78 is 0. The lowest BCUT2D eigenvalue weighted by Crippen LogP contribution is -2.35. The summed E-state index contributed by atoms with van der Waals surface area (Å²) in [6.45, 7) is 2.24. The summed E-state index contributed by atoms with van der Waals surface area (Å²) in [7, 11) is 4.40. The van der Waals surface area contributed by atoms with Gasteiger partial charge < -0.3 is 0 Å². The van der Waals surface area contributed by atoms with Gasteiger partial charge in [-0.25, -0.2) is 0 Å². The Balaban J connectivity index is 2.75. The van der Waals surface area contributed by atoms with Crippen LogP contribution in [0.2, 0.25) is 6.55 Å². The molecule has 0 aliphatic rings. The monoisotopic (exact) mass is 176 g/mol. The molecule has 0 nitrogen and oxygen atoms in total. The van der Waals surface area contributed by atoms with Crippen LogP contribution in [0.3, 0.4) is 0 Å². The minimum Gasteiger partial charge on any atom is -0.0755 e. The fourth-order valence-electron chi connectivity index (χ4n) is 0.749. The Morgan fingerprint density at radius 1 is 1.30 bits per heavy atom. The molecule has 6 radical (unpaired) electrons. The van der Waals surface area contributed by atoms with Gasteiger partial charge in [-0.2, -0.15) is 0 Å². The first-order valence-corrected chi connectivity index (χ1v) is 8.66. The SMILES string of the molecule is C[Si][Si]([Si])c1ccccc1. The molecule has 48 valence electrons. The fraction of sp³-hybridized carbons (Fsp3) is 0.143. The Bertz CT molecular complexity index is 185. The molecule has 0 saturated heterocycles. The van der Waals surface area contributed by atoms with Gasteiger partial charge in [-0.05, 0) is 0 Å². The molecule has 0 spiro atoms. The molecule has 0 N–H and O–H groups in total. The molecule has 0 heterocycles. The lowest BCUT2D eigenvalue weighted by molar-refractivity contribution is 1.77. The Kier molecular flexibility index (Phi) is 3.11. The van der Waals surface area contributed by atoms with E-state index in [0.717, 1.165) is 9.04 Å². The Hall–Kier alpha value is -0.129. The molecular formula is C7H8Si3. The maximum absolute atomic E-state index is 3.75. The molecule has 0 unspecified atom stereocenters. The van der Waals surface area contributed by atoms with Crippen molar-refractivity contribution in [3.63, 3.8) is 0 Å². The maximum atomic E-state index is 3.75. The van der Waals surface area contributed by atoms with Gasteiger partial charge in [0.1, 0.15) is 0 Å². The number of rotatable bonds is 2. The smallest absolute Gasteiger partial charge is 0.0546 e. The third kappa shape index (κ3) is 1.93. The Labute approximate surface area is 69.1 Å². The largest absolute Gasteiger partial charge is 0.0755 e. The first-order valence-electron chi connectivity index (χ1n) is 3.16. The molecule has 0 fully saturated rings. The topological polar surface area (TPSA) is 0 Å². The molecule has 10 heavy (non-hydrogen) atoms. The first kappa shape index (κ1) is 7.97. The van der Waals surface area contributed by atoms with Gasteiger partial charge in [0.2, 0.25) is 0 Å². The van der Waals surface area contributed by atoms with Gasteiger partial charge in [0.25, 0.3) is 0 Å². The van der Waals surface area contributed by atoms with Gasteiger partial charge in [0.05, 0.1) is 7.83 Å². The molecule has 0 bridgehead atoms. The number of benzene rings is 1. The molecule has 0 saturated carbocycles. The van der Waals surface area contributed by atoms with E-state index in [-0.39, 0.29) is 7.83 Å². The Morgan fingerprint density at radius 2 is 1.90 bits per heavy atom. The van der Waals surface area contributed by atoms with Gasteiger partial charge in [-0.15, -0.1) is 0 Å². The van der Waals surface area contributed by atoms with Crippen LogP contribution in [0.25, 0.3) is 0 Å². The van der Waals surface area contributed by atoms with Crippen LogP contribution in [-0.4, -0.2) is 26.6 Å². The van der Waals surface area contributed by atoms with Crippen LogP contribution in [-0.2, 0) is 0 Å². The summed E-state index contributed by atoms with van der Waals surface area (Å²) in [6, 6.07) is 10.6. The van der Waals surface area contributed by atoms with E-state index in [0.29, 0.717) is 0 Å². The van der Waals surface area contributed by atoms with Crippen LogP contribution in [0.1, 0.15) is 0 Å². The van der Waals surface area contributed by atoms with E-state index in [4.69, 9.17) is 0 Å². The summed E-state index contributed by atoms with van der Waals surface area (Å²) in [6.07, 6.45) is 0. The van der Waals surface area contributed by atoms with Gasteiger partial charge in [0.15, 0.2) is 0 Å². The highest BCUT2D eigenvalue weighted by Crippen LogP contribution is 1.83. The quantitative estimate of drug-likeness (QED) is 0.569. The zero-order chi connectivity index (χ0) is 7.40. The minimum absolute atomic E-state index is 0.373. The van der Waals surface area contributed by atoms with E-state index < -0.39 is 0 Å². The highest BCUT2D eigenvalue weighted by atomic mass is 29.5. The van der Waals surface area contributed by atoms with Crippen LogP contribution in [0.4, 0.5) is 0 Å². The molecule has 1 aromatic carbocycles. The van der Waals surface area contributed by atoms with Gasteiger partial charge in [-0.3, -0.25) is 0 Å². The van der Waals surface area contributed by atoms with E-state index >= 15 is 0 Å². The summed E-state index contributed by atoms with van der Waals surface area (Å²) in [5.41, 5.74) is 0. The molecule has 0 aromatic heterocycles. The second-order valence-electron chi connectivity index (χ2n) is 1.99. The molecule has 3 heteroatoms. The Morgan fingerprint density at radius 3 is 2.40 bits per heavy atom. The van der Waals surface area contributed by atoms with Crippen LogP contribution in [0.15, 0.2) is 30.3 Å². The van der Waals surface area contributed by atoms with E-state index in [1.165, 1.54) is 5.19 Å². The number of hydrogen-bond donors (Lipinski definition) is 0. The number of hydrogen-bond acceptors (Lipinski definition) is 0. The molecule has 0 amide bonds. The van der Waals surface area contributed by atoms with Crippen LogP contribution in [0, 0.1) is 0 Å². The highest BCUT2D eigenvalue weighted by Gasteiger charge is 2.02. The standard InChI is InChI=1S/C7H8Si3/c1-9-10(8)7-5-3-2-4-6-7/h2-6H,1H3. The molecule has 0 atom stereocenters. The van der Waals surface area contributed by atoms with Crippen molar-refractivity contribution < 1.29 is 0 Å².